The summed E-state index contributed by atoms with van der Waals surface area (Å²) in [6.45, 7) is 7.81. The minimum atomic E-state index is -1.83. The van der Waals surface area contributed by atoms with E-state index in [1.807, 2.05) is 0 Å². The minimum absolute atomic E-state index is 0.126. The molecular formula is C10H21NO4. The van der Waals surface area contributed by atoms with Crippen molar-refractivity contribution in [1.82, 2.24) is 5.32 Å². The van der Waals surface area contributed by atoms with Gasteiger partial charge in [-0.15, -0.1) is 0 Å². The fourth-order valence-electron chi connectivity index (χ4n) is 0.685. The van der Waals surface area contributed by atoms with Crippen LogP contribution in [-0.2, 0) is 4.79 Å². The number of aliphatic hydroxyl groups is 2. The van der Waals surface area contributed by atoms with Crippen LogP contribution in [0.5, 0.6) is 0 Å². The normalized spacial score (nSPS) is 17.3. The van der Waals surface area contributed by atoms with Crippen LogP contribution in [0.3, 0.4) is 0 Å². The predicted molar refractivity (Wildman–Crippen MR) is 56.6 cm³/mol. The van der Waals surface area contributed by atoms with Gasteiger partial charge in [-0.3, -0.25) is 0 Å². The highest BCUT2D eigenvalue weighted by Crippen LogP contribution is 2.21. The Morgan fingerprint density at radius 2 is 1.53 bits per heavy atom. The molecule has 1 atom stereocenters. The Hall–Kier alpha value is -0.650. The Morgan fingerprint density at radius 1 is 1.13 bits per heavy atom. The number of carboxylic acid groups (broad SMARTS) is 1. The molecule has 4 N–H and O–H groups in total. The van der Waals surface area contributed by atoms with Crippen LogP contribution in [0.25, 0.3) is 0 Å². The number of hydrogen-bond donors (Lipinski definition) is 4. The maximum atomic E-state index is 10.6. The van der Waals surface area contributed by atoms with Gasteiger partial charge in [0.15, 0.2) is 5.60 Å². The Bertz CT molecular complexity index is 240. The lowest BCUT2D eigenvalue weighted by atomic mass is 9.85. The standard InChI is InChI=1S/C10H21NO4/c1-8(2,9(3,4)14)11-6-10(5,15)7(12)13/h11,14-15H,6H2,1-5H3,(H,12,13). The molecule has 0 heterocycles. The second-order valence-electron chi connectivity index (χ2n) is 5.12. The third kappa shape index (κ3) is 3.77. The molecule has 1 unspecified atom stereocenters. The lowest BCUT2D eigenvalue weighted by Crippen LogP contribution is -2.60. The second kappa shape index (κ2) is 4.08. The van der Waals surface area contributed by atoms with E-state index >= 15 is 0 Å². The number of β-amino-alcohol motifs (C(OH)–C–C–N with tert-alkyl or cyclic N) is 1. The van der Waals surface area contributed by atoms with Gasteiger partial charge in [0.25, 0.3) is 0 Å². The van der Waals surface area contributed by atoms with Crippen molar-refractivity contribution < 1.29 is 20.1 Å². The number of carboxylic acids is 1. The van der Waals surface area contributed by atoms with Crippen molar-refractivity contribution in [3.8, 4) is 0 Å². The van der Waals surface area contributed by atoms with Gasteiger partial charge in [0.2, 0.25) is 0 Å². The van der Waals surface area contributed by atoms with Crippen LogP contribution in [-0.4, -0.2) is 44.6 Å². The third-order valence-corrected chi connectivity index (χ3v) is 2.86. The maximum absolute atomic E-state index is 10.6. The van der Waals surface area contributed by atoms with Gasteiger partial charge in [-0.1, -0.05) is 0 Å². The van der Waals surface area contributed by atoms with Crippen molar-refractivity contribution in [1.29, 1.82) is 0 Å². The highest BCUT2D eigenvalue weighted by molar-refractivity contribution is 5.76. The maximum Gasteiger partial charge on any atom is 0.336 e. The van der Waals surface area contributed by atoms with Gasteiger partial charge in [0.1, 0.15) is 0 Å². The molecule has 0 aliphatic heterocycles. The van der Waals surface area contributed by atoms with Crippen molar-refractivity contribution in [3.63, 3.8) is 0 Å². The van der Waals surface area contributed by atoms with Crippen LogP contribution in [0.2, 0.25) is 0 Å². The number of hydrogen-bond acceptors (Lipinski definition) is 4. The highest BCUT2D eigenvalue weighted by atomic mass is 16.4. The van der Waals surface area contributed by atoms with E-state index in [1.54, 1.807) is 27.7 Å². The van der Waals surface area contributed by atoms with E-state index in [9.17, 15) is 15.0 Å². The molecule has 5 heteroatoms. The van der Waals surface area contributed by atoms with E-state index in [1.165, 1.54) is 6.92 Å². The van der Waals surface area contributed by atoms with Gasteiger partial charge in [-0.05, 0) is 34.6 Å². The molecule has 0 spiro atoms. The first-order valence-electron chi connectivity index (χ1n) is 4.83. The van der Waals surface area contributed by atoms with Crippen LogP contribution < -0.4 is 5.32 Å². The second-order valence-corrected chi connectivity index (χ2v) is 5.12. The monoisotopic (exact) mass is 219 g/mol. The summed E-state index contributed by atoms with van der Waals surface area (Å²) < 4.78 is 0. The quantitative estimate of drug-likeness (QED) is 0.521. The van der Waals surface area contributed by atoms with Crippen LogP contribution in [0.1, 0.15) is 34.6 Å². The third-order valence-electron chi connectivity index (χ3n) is 2.86. The van der Waals surface area contributed by atoms with Gasteiger partial charge in [-0.2, -0.15) is 0 Å². The molecule has 0 aromatic rings. The SMILES string of the molecule is CC(O)(CNC(C)(C)C(C)(C)O)C(=O)O. The number of carbonyl (C=O) groups is 1. The first-order valence-corrected chi connectivity index (χ1v) is 4.83. The lowest BCUT2D eigenvalue weighted by Gasteiger charge is -2.39. The van der Waals surface area contributed by atoms with Crippen molar-refractivity contribution >= 4 is 5.97 Å². The molecule has 0 radical (unpaired) electrons. The summed E-state index contributed by atoms with van der Waals surface area (Å²) in [5.74, 6) is -1.29. The molecular weight excluding hydrogens is 198 g/mol. The molecule has 0 aromatic heterocycles. The molecule has 0 amide bonds. The molecule has 0 aliphatic rings. The van der Waals surface area contributed by atoms with Gasteiger partial charge in [0, 0.05) is 12.1 Å². The van der Waals surface area contributed by atoms with Gasteiger partial charge < -0.3 is 20.6 Å². The highest BCUT2D eigenvalue weighted by Gasteiger charge is 2.38. The van der Waals surface area contributed by atoms with E-state index in [0.717, 1.165) is 0 Å². The fraction of sp³-hybridized carbons (Fsp3) is 0.900. The molecule has 0 aromatic carbocycles. The molecule has 0 aliphatic carbocycles. The average molecular weight is 219 g/mol. The van der Waals surface area contributed by atoms with Gasteiger partial charge in [-0.25, -0.2) is 4.79 Å². The smallest absolute Gasteiger partial charge is 0.336 e. The Morgan fingerprint density at radius 3 is 1.80 bits per heavy atom. The predicted octanol–water partition coefficient (Wildman–Crippen LogP) is -0.0389. The van der Waals surface area contributed by atoms with Crippen molar-refractivity contribution in [2.75, 3.05) is 6.54 Å². The van der Waals surface area contributed by atoms with Crippen molar-refractivity contribution in [2.24, 2.45) is 0 Å². The summed E-state index contributed by atoms with van der Waals surface area (Å²) in [5.41, 5.74) is -3.53. The average Bonchev–Trinajstić information content (AvgIpc) is 1.99. The van der Waals surface area contributed by atoms with Crippen molar-refractivity contribution in [3.05, 3.63) is 0 Å². The van der Waals surface area contributed by atoms with E-state index in [-0.39, 0.29) is 6.54 Å². The summed E-state index contributed by atoms with van der Waals surface area (Å²) in [4.78, 5) is 10.6. The fourth-order valence-corrected chi connectivity index (χ4v) is 0.685. The summed E-state index contributed by atoms with van der Waals surface area (Å²) in [6, 6.07) is 0. The van der Waals surface area contributed by atoms with Crippen molar-refractivity contribution in [2.45, 2.75) is 51.4 Å². The summed E-state index contributed by atoms with van der Waals surface area (Å²) in [5, 5.41) is 30.8. The molecule has 0 saturated carbocycles. The number of aliphatic carboxylic acids is 1. The largest absolute Gasteiger partial charge is 0.479 e. The van der Waals surface area contributed by atoms with Crippen LogP contribution >= 0.6 is 0 Å². The summed E-state index contributed by atoms with van der Waals surface area (Å²) >= 11 is 0. The summed E-state index contributed by atoms with van der Waals surface area (Å²) in [6.07, 6.45) is 0. The van der Waals surface area contributed by atoms with E-state index in [0.29, 0.717) is 0 Å². The first-order chi connectivity index (χ1) is 6.40. The van der Waals surface area contributed by atoms with Crippen LogP contribution in [0.15, 0.2) is 0 Å². The Kier molecular flexibility index (Phi) is 3.90. The first kappa shape index (κ1) is 14.3. The molecule has 0 rings (SSSR count). The number of nitrogens with one attached hydrogen (secondary N) is 1. The topological polar surface area (TPSA) is 89.8 Å². The van der Waals surface area contributed by atoms with E-state index < -0.39 is 22.7 Å². The molecule has 90 valence electrons. The van der Waals surface area contributed by atoms with E-state index in [2.05, 4.69) is 5.32 Å². The molecule has 0 saturated heterocycles. The Labute approximate surface area is 90.1 Å². The zero-order valence-corrected chi connectivity index (χ0v) is 9.96. The lowest BCUT2D eigenvalue weighted by molar-refractivity contribution is -0.156. The number of rotatable bonds is 5. The van der Waals surface area contributed by atoms with Gasteiger partial charge >= 0.3 is 5.97 Å². The summed E-state index contributed by atoms with van der Waals surface area (Å²) in [7, 11) is 0. The van der Waals surface area contributed by atoms with E-state index in [4.69, 9.17) is 5.11 Å². The zero-order valence-electron chi connectivity index (χ0n) is 9.96. The molecule has 0 bridgehead atoms. The van der Waals surface area contributed by atoms with Gasteiger partial charge in [0.05, 0.1) is 5.60 Å². The molecule has 15 heavy (non-hydrogen) atoms. The zero-order chi connectivity index (χ0) is 12.5. The van der Waals surface area contributed by atoms with Crippen LogP contribution in [0.4, 0.5) is 0 Å². The minimum Gasteiger partial charge on any atom is -0.479 e. The van der Waals surface area contributed by atoms with Crippen LogP contribution in [0, 0.1) is 0 Å². The Balaban J connectivity index is 4.47. The molecule has 5 nitrogen and oxygen atoms in total. The molecule has 0 fully saturated rings.